The number of aliphatic hydroxyl groups is 1. The number of hydrogen-bond donors (Lipinski definition) is 2. The van der Waals surface area contributed by atoms with Crippen LogP contribution in [-0.2, 0) is 20.2 Å². The molecular weight excluding hydrogens is 334 g/mol. The molecule has 1 aliphatic heterocycles. The van der Waals surface area contributed by atoms with Crippen molar-refractivity contribution >= 4 is 5.91 Å². The molecule has 0 bridgehead atoms. The fourth-order valence-electron chi connectivity index (χ4n) is 3.82. The molecule has 8 heteroatoms. The topological polar surface area (TPSA) is 96.4 Å². The van der Waals surface area contributed by atoms with Gasteiger partial charge in [0, 0.05) is 19.0 Å². The van der Waals surface area contributed by atoms with Crippen LogP contribution >= 0.6 is 0 Å². The van der Waals surface area contributed by atoms with Crippen LogP contribution in [0.4, 0.5) is 0 Å². The van der Waals surface area contributed by atoms with E-state index in [0.29, 0.717) is 11.6 Å². The molecule has 1 amide bonds. The van der Waals surface area contributed by atoms with Crippen LogP contribution in [0.3, 0.4) is 0 Å². The van der Waals surface area contributed by atoms with E-state index in [4.69, 9.17) is 4.42 Å². The maximum atomic E-state index is 12.4. The van der Waals surface area contributed by atoms with Crippen molar-refractivity contribution in [1.82, 2.24) is 25.0 Å². The molecule has 0 aromatic carbocycles. The number of likely N-dealkylation sites (tertiary alicyclic amines) is 1. The van der Waals surface area contributed by atoms with E-state index in [9.17, 15) is 9.90 Å². The minimum atomic E-state index is -0.157. The first-order chi connectivity index (χ1) is 12.6. The molecule has 2 aromatic rings. The molecule has 8 nitrogen and oxygen atoms in total. The summed E-state index contributed by atoms with van der Waals surface area (Å²) >= 11 is 0. The van der Waals surface area contributed by atoms with Crippen LogP contribution in [0.5, 0.6) is 0 Å². The fourth-order valence-corrected chi connectivity index (χ4v) is 3.82. The zero-order valence-electron chi connectivity index (χ0n) is 15.0. The van der Waals surface area contributed by atoms with Crippen LogP contribution in [0.1, 0.15) is 59.6 Å². The van der Waals surface area contributed by atoms with E-state index in [2.05, 4.69) is 20.4 Å². The van der Waals surface area contributed by atoms with Crippen molar-refractivity contribution in [2.45, 2.75) is 50.8 Å². The van der Waals surface area contributed by atoms with E-state index >= 15 is 0 Å². The minimum absolute atomic E-state index is 0.116. The quantitative estimate of drug-likeness (QED) is 0.804. The monoisotopic (exact) mass is 359 g/mol. The Labute approximate surface area is 152 Å². The lowest BCUT2D eigenvalue weighted by Gasteiger charge is -2.34. The molecule has 2 aromatic heterocycles. The molecule has 1 aliphatic carbocycles. The summed E-state index contributed by atoms with van der Waals surface area (Å²) in [4.78, 5) is 14.7. The van der Waals surface area contributed by atoms with Crippen LogP contribution in [0, 0.1) is 0 Å². The lowest BCUT2D eigenvalue weighted by Crippen LogP contribution is -2.43. The Hall–Kier alpha value is -2.19. The highest BCUT2D eigenvalue weighted by Gasteiger charge is 2.35. The van der Waals surface area contributed by atoms with Gasteiger partial charge in [0.15, 0.2) is 11.6 Å². The molecule has 1 saturated carbocycles. The molecule has 1 saturated heterocycles. The van der Waals surface area contributed by atoms with Crippen molar-refractivity contribution < 1.29 is 14.3 Å². The lowest BCUT2D eigenvalue weighted by atomic mass is 9.79. The first-order valence-corrected chi connectivity index (χ1v) is 9.25. The summed E-state index contributed by atoms with van der Waals surface area (Å²) in [5.74, 6) is 2.76. The summed E-state index contributed by atoms with van der Waals surface area (Å²) in [6.07, 6.45) is 4.12. The summed E-state index contributed by atoms with van der Waals surface area (Å²) in [5.41, 5.74) is 0. The van der Waals surface area contributed by atoms with E-state index < -0.39 is 0 Å². The third kappa shape index (κ3) is 3.39. The van der Waals surface area contributed by atoms with Crippen LogP contribution < -0.4 is 5.32 Å². The van der Waals surface area contributed by atoms with Crippen molar-refractivity contribution in [2.24, 2.45) is 7.05 Å². The Morgan fingerprint density at radius 1 is 1.31 bits per heavy atom. The van der Waals surface area contributed by atoms with Gasteiger partial charge in [0.25, 0.3) is 5.91 Å². The Bertz CT molecular complexity index is 772. The molecule has 0 atom stereocenters. The second-order valence-electron chi connectivity index (χ2n) is 7.28. The molecule has 2 aliphatic rings. The van der Waals surface area contributed by atoms with Crippen molar-refractivity contribution in [2.75, 3.05) is 13.1 Å². The Balaban J connectivity index is 1.28. The Morgan fingerprint density at radius 2 is 2.08 bits per heavy atom. The number of rotatable bonds is 6. The first kappa shape index (κ1) is 17.2. The summed E-state index contributed by atoms with van der Waals surface area (Å²) < 4.78 is 7.55. The number of furan rings is 1. The third-order valence-electron chi connectivity index (χ3n) is 5.44. The largest absolute Gasteiger partial charge is 0.455 e. The van der Waals surface area contributed by atoms with Crippen LogP contribution in [0.25, 0.3) is 0 Å². The summed E-state index contributed by atoms with van der Waals surface area (Å²) in [6.45, 7) is 2.87. The van der Waals surface area contributed by atoms with Gasteiger partial charge in [0.1, 0.15) is 18.2 Å². The van der Waals surface area contributed by atoms with Gasteiger partial charge < -0.3 is 19.4 Å². The van der Waals surface area contributed by atoms with E-state index in [1.54, 1.807) is 6.07 Å². The normalized spacial score (nSPS) is 23.2. The summed E-state index contributed by atoms with van der Waals surface area (Å²) in [6, 6.07) is 3.77. The third-order valence-corrected chi connectivity index (χ3v) is 5.44. The van der Waals surface area contributed by atoms with Crippen LogP contribution in [-0.4, -0.2) is 49.8 Å². The smallest absolute Gasteiger partial charge is 0.287 e. The minimum Gasteiger partial charge on any atom is -0.455 e. The molecule has 140 valence electrons. The molecule has 26 heavy (non-hydrogen) atoms. The molecule has 4 rings (SSSR count). The van der Waals surface area contributed by atoms with Gasteiger partial charge in [0.05, 0.1) is 6.54 Å². The van der Waals surface area contributed by atoms with Crippen molar-refractivity contribution in [3.05, 3.63) is 35.3 Å². The molecule has 2 fully saturated rings. The van der Waals surface area contributed by atoms with E-state index in [1.165, 1.54) is 12.8 Å². The van der Waals surface area contributed by atoms with Gasteiger partial charge in [-0.15, -0.1) is 10.2 Å². The number of aromatic nitrogens is 3. The van der Waals surface area contributed by atoms with Gasteiger partial charge in [0.2, 0.25) is 0 Å². The zero-order chi connectivity index (χ0) is 18.1. The molecule has 0 spiro atoms. The molecule has 0 unspecified atom stereocenters. The number of hydrogen-bond acceptors (Lipinski definition) is 6. The Morgan fingerprint density at radius 3 is 2.77 bits per heavy atom. The molecular formula is C18H25N5O3. The van der Waals surface area contributed by atoms with Gasteiger partial charge in [-0.05, 0) is 50.9 Å². The van der Waals surface area contributed by atoms with Crippen molar-refractivity contribution in [3.8, 4) is 0 Å². The second kappa shape index (κ2) is 7.20. The number of nitrogens with zero attached hydrogens (tertiary/aromatic N) is 4. The number of nitrogens with one attached hydrogen (secondary N) is 1. The highest BCUT2D eigenvalue weighted by atomic mass is 16.4. The van der Waals surface area contributed by atoms with E-state index in [1.807, 2.05) is 17.7 Å². The van der Waals surface area contributed by atoms with Gasteiger partial charge in [-0.3, -0.25) is 9.69 Å². The average Bonchev–Trinajstić information content (AvgIpc) is 3.33. The SMILES string of the molecule is Cn1c(CO)nnc1C1CC(NC(=O)c2ccc(CN3CCCC3)o2)C1. The predicted octanol–water partition coefficient (Wildman–Crippen LogP) is 1.17. The number of amides is 1. The van der Waals surface area contributed by atoms with Gasteiger partial charge in [-0.2, -0.15) is 0 Å². The van der Waals surface area contributed by atoms with E-state index in [0.717, 1.165) is 44.1 Å². The highest BCUT2D eigenvalue weighted by Crippen LogP contribution is 2.36. The number of carbonyl (C=O) groups excluding carboxylic acids is 1. The average molecular weight is 359 g/mol. The van der Waals surface area contributed by atoms with Crippen molar-refractivity contribution in [3.63, 3.8) is 0 Å². The van der Waals surface area contributed by atoms with Gasteiger partial charge in [-0.25, -0.2) is 0 Å². The first-order valence-electron chi connectivity index (χ1n) is 9.25. The van der Waals surface area contributed by atoms with E-state index in [-0.39, 0.29) is 24.5 Å². The predicted molar refractivity (Wildman–Crippen MR) is 93.4 cm³/mol. The lowest BCUT2D eigenvalue weighted by molar-refractivity contribution is 0.0875. The number of carbonyl (C=O) groups is 1. The molecule has 2 N–H and O–H groups in total. The maximum Gasteiger partial charge on any atom is 0.287 e. The molecule has 3 heterocycles. The zero-order valence-corrected chi connectivity index (χ0v) is 15.0. The fraction of sp³-hybridized carbons (Fsp3) is 0.611. The van der Waals surface area contributed by atoms with Crippen molar-refractivity contribution in [1.29, 1.82) is 0 Å². The summed E-state index contributed by atoms with van der Waals surface area (Å²) in [7, 11) is 1.86. The Kier molecular flexibility index (Phi) is 4.78. The standard InChI is InChI=1S/C18H25N5O3/c1-22-16(11-24)20-21-17(22)12-8-13(9-12)19-18(25)15-5-4-14(26-15)10-23-6-2-3-7-23/h4-5,12-13,24H,2-3,6-11H2,1H3,(H,19,25). The second-order valence-corrected chi connectivity index (χ2v) is 7.28. The van der Waals surface area contributed by atoms with Crippen LogP contribution in [0.15, 0.2) is 16.5 Å². The summed E-state index contributed by atoms with van der Waals surface area (Å²) in [5, 5.41) is 20.3. The van der Waals surface area contributed by atoms with Crippen LogP contribution in [0.2, 0.25) is 0 Å². The van der Waals surface area contributed by atoms with Gasteiger partial charge in [-0.1, -0.05) is 0 Å². The number of aliphatic hydroxyl groups excluding tert-OH is 1. The highest BCUT2D eigenvalue weighted by molar-refractivity contribution is 5.91. The molecule has 0 radical (unpaired) electrons. The maximum absolute atomic E-state index is 12.4. The van der Waals surface area contributed by atoms with Gasteiger partial charge >= 0.3 is 0 Å².